The van der Waals surface area contributed by atoms with Gasteiger partial charge in [0.25, 0.3) is 0 Å². The molecule has 11 rings (SSSR count). The molecule has 10 aromatic rings. The van der Waals surface area contributed by atoms with Crippen LogP contribution in [0.15, 0.2) is 170 Å². The summed E-state index contributed by atoms with van der Waals surface area (Å²) in [5.41, 5.74) is 7.42. The van der Waals surface area contributed by atoms with Gasteiger partial charge < -0.3 is 4.57 Å². The monoisotopic (exact) mass is 696 g/mol. The normalized spacial score (nSPS) is 15.1. The van der Waals surface area contributed by atoms with E-state index in [1.165, 1.54) is 43.4 Å². The minimum Gasteiger partial charge on any atom is -0.308 e. The summed E-state index contributed by atoms with van der Waals surface area (Å²) in [5, 5.41) is 12.2. The molecule has 0 fully saturated rings. The van der Waals surface area contributed by atoms with Crippen LogP contribution in [0.2, 0.25) is 0 Å². The van der Waals surface area contributed by atoms with Gasteiger partial charge in [-0.3, -0.25) is 4.57 Å². The maximum Gasteiger partial charge on any atom is 0.175 e. The molecule has 0 radical (unpaired) electrons. The number of fused-ring (bicyclic) bond motifs is 7. The fraction of sp³-hybridized carbons (Fsp3) is 0.0408. The van der Waals surface area contributed by atoms with E-state index in [1.807, 2.05) is 36.4 Å². The highest BCUT2D eigenvalue weighted by Crippen LogP contribution is 2.53. The Morgan fingerprint density at radius 1 is 0.528 bits per heavy atom. The van der Waals surface area contributed by atoms with E-state index in [9.17, 15) is 0 Å². The zero-order valence-electron chi connectivity index (χ0n) is 29.1. The van der Waals surface area contributed by atoms with Crippen molar-refractivity contribution in [3.63, 3.8) is 0 Å². The van der Waals surface area contributed by atoms with Gasteiger partial charge in [0.15, 0.2) is 7.14 Å². The van der Waals surface area contributed by atoms with Crippen LogP contribution in [0, 0.1) is 0 Å². The molecular formula is C49H33N2OP. The van der Waals surface area contributed by atoms with Gasteiger partial charge in [-0.1, -0.05) is 153 Å². The number of rotatable bonds is 4. The molecule has 4 heteroatoms. The molecule has 1 aliphatic rings. The molecule has 0 bridgehead atoms. The lowest BCUT2D eigenvalue weighted by atomic mass is 9.85. The van der Waals surface area contributed by atoms with Gasteiger partial charge in [0.2, 0.25) is 0 Å². The Morgan fingerprint density at radius 2 is 1.11 bits per heavy atom. The van der Waals surface area contributed by atoms with Crippen LogP contribution >= 0.6 is 7.14 Å². The summed E-state index contributed by atoms with van der Waals surface area (Å²) in [6.07, 6.45) is 0.745. The zero-order valence-corrected chi connectivity index (χ0v) is 30.0. The number of para-hydroxylation sites is 2. The first kappa shape index (κ1) is 30.4. The highest BCUT2D eigenvalue weighted by Gasteiger charge is 2.41. The predicted octanol–water partition coefficient (Wildman–Crippen LogP) is 11.5. The first-order valence-corrected chi connectivity index (χ1v) is 20.0. The second-order valence-corrected chi connectivity index (χ2v) is 16.7. The maximum atomic E-state index is 16.1. The molecule has 1 aromatic heterocycles. The molecule has 3 nitrogen and oxygen atoms in total. The molecule has 2 heterocycles. The molecule has 9 aromatic carbocycles. The fourth-order valence-corrected chi connectivity index (χ4v) is 12.1. The lowest BCUT2D eigenvalue weighted by Gasteiger charge is -2.31. The third kappa shape index (κ3) is 4.17. The highest BCUT2D eigenvalue weighted by atomic mass is 31.2. The smallest absolute Gasteiger partial charge is 0.175 e. The van der Waals surface area contributed by atoms with E-state index in [0.29, 0.717) is 0 Å². The van der Waals surface area contributed by atoms with E-state index in [2.05, 4.69) is 145 Å². The van der Waals surface area contributed by atoms with Crippen molar-refractivity contribution in [1.29, 1.82) is 0 Å². The molecule has 0 spiro atoms. The van der Waals surface area contributed by atoms with E-state index in [4.69, 9.17) is 4.98 Å². The maximum absolute atomic E-state index is 16.1. The number of imidazole rings is 1. The Hall–Kier alpha value is -6.28. The molecular weight excluding hydrogens is 664 g/mol. The Morgan fingerprint density at radius 3 is 1.83 bits per heavy atom. The fourth-order valence-electron chi connectivity index (χ4n) is 9.04. The molecule has 0 amide bonds. The first-order chi connectivity index (χ1) is 26.1. The molecule has 1 aliphatic heterocycles. The molecule has 1 atom stereocenters. The molecule has 53 heavy (non-hydrogen) atoms. The molecule has 1 unspecified atom stereocenters. The second kappa shape index (κ2) is 11.4. The van der Waals surface area contributed by atoms with E-state index < -0.39 is 7.14 Å². The van der Waals surface area contributed by atoms with E-state index in [-0.39, 0.29) is 0 Å². The summed E-state index contributed by atoms with van der Waals surface area (Å²) in [4.78, 5) is 5.16. The molecule has 0 saturated heterocycles. The minimum absolute atomic E-state index is 0.745. The van der Waals surface area contributed by atoms with Crippen molar-refractivity contribution in [3.05, 3.63) is 176 Å². The Balaban J connectivity index is 1.28. The van der Waals surface area contributed by atoms with Crippen molar-refractivity contribution in [2.45, 2.75) is 13.3 Å². The number of aromatic nitrogens is 2. The molecule has 250 valence electrons. The van der Waals surface area contributed by atoms with Crippen LogP contribution in [-0.2, 0) is 11.0 Å². The van der Waals surface area contributed by atoms with Crippen LogP contribution in [0.4, 0.5) is 0 Å². The summed E-state index contributed by atoms with van der Waals surface area (Å²) in [6.45, 7) is 2.16. The molecule has 0 aliphatic carbocycles. The highest BCUT2D eigenvalue weighted by molar-refractivity contribution is 7.86. The summed E-state index contributed by atoms with van der Waals surface area (Å²) in [6, 6.07) is 60.2. The van der Waals surface area contributed by atoms with Gasteiger partial charge in [-0.15, -0.1) is 0 Å². The zero-order chi connectivity index (χ0) is 35.3. The molecule has 0 saturated carbocycles. The first-order valence-electron chi connectivity index (χ1n) is 18.3. The second-order valence-electron chi connectivity index (χ2n) is 14.0. The number of aryl methyl sites for hydroxylation is 1. The van der Waals surface area contributed by atoms with E-state index >= 15 is 4.57 Å². The van der Waals surface area contributed by atoms with Crippen LogP contribution < -0.4 is 15.9 Å². The Labute approximate surface area is 307 Å². The lowest BCUT2D eigenvalue weighted by Crippen LogP contribution is -2.33. The van der Waals surface area contributed by atoms with Gasteiger partial charge in [-0.05, 0) is 84.0 Å². The summed E-state index contributed by atoms with van der Waals surface area (Å²) in [5.74, 6) is 0.967. The van der Waals surface area contributed by atoms with Gasteiger partial charge in [-0.2, -0.15) is 0 Å². The van der Waals surface area contributed by atoms with Crippen LogP contribution in [0.25, 0.3) is 82.1 Å². The van der Waals surface area contributed by atoms with Gasteiger partial charge >= 0.3 is 0 Å². The number of hydrogen-bond donors (Lipinski definition) is 0. The van der Waals surface area contributed by atoms with Gasteiger partial charge in [-0.25, -0.2) is 4.98 Å². The Bertz CT molecular complexity index is 3140. The largest absolute Gasteiger partial charge is 0.308 e. The van der Waals surface area contributed by atoms with Crippen molar-refractivity contribution in [2.24, 2.45) is 0 Å². The van der Waals surface area contributed by atoms with Crippen LogP contribution in [0.5, 0.6) is 0 Å². The summed E-state index contributed by atoms with van der Waals surface area (Å²) < 4.78 is 18.4. The molecule has 0 N–H and O–H groups in total. The average molecular weight is 697 g/mol. The van der Waals surface area contributed by atoms with Crippen LogP contribution in [0.1, 0.15) is 12.7 Å². The average Bonchev–Trinajstić information content (AvgIpc) is 3.61. The van der Waals surface area contributed by atoms with E-state index in [0.717, 1.165) is 66.8 Å². The Kier molecular flexibility index (Phi) is 6.51. The SMILES string of the molecule is CCc1nc2cccc3c2n1-c1c(-c2c4ccccc4c(-c4ccc5ccc6ccccc6c5c4)c4ccccc24)cccc1P3(=O)c1ccccc1. The van der Waals surface area contributed by atoms with Crippen molar-refractivity contribution >= 4 is 77.2 Å². The van der Waals surface area contributed by atoms with Crippen molar-refractivity contribution < 1.29 is 4.57 Å². The van der Waals surface area contributed by atoms with E-state index in [1.54, 1.807) is 0 Å². The predicted molar refractivity (Wildman–Crippen MR) is 224 cm³/mol. The van der Waals surface area contributed by atoms with Gasteiger partial charge in [0.1, 0.15) is 5.82 Å². The van der Waals surface area contributed by atoms with Gasteiger partial charge in [0, 0.05) is 27.9 Å². The van der Waals surface area contributed by atoms with Crippen LogP contribution in [0.3, 0.4) is 0 Å². The third-order valence-corrected chi connectivity index (χ3v) is 14.4. The number of hydrogen-bond acceptors (Lipinski definition) is 2. The lowest BCUT2D eigenvalue weighted by molar-refractivity contribution is 0.592. The van der Waals surface area contributed by atoms with Crippen molar-refractivity contribution in [3.8, 4) is 27.9 Å². The minimum atomic E-state index is -3.29. The third-order valence-electron chi connectivity index (χ3n) is 11.3. The van der Waals surface area contributed by atoms with Crippen molar-refractivity contribution in [2.75, 3.05) is 0 Å². The van der Waals surface area contributed by atoms with Crippen molar-refractivity contribution in [1.82, 2.24) is 9.55 Å². The standard InChI is InChI=1S/C49H33N2OP/c1-2-45-50-42-23-13-25-44-49(42)51(45)48-40(22-12-24-43(48)53(44,52)34-15-4-3-5-16-34)47-38-20-10-8-18-36(38)46(37-19-9-11-21-39(37)47)33-29-28-32-27-26-31-14-6-7-17-35(31)41(32)30-33/h3-30H,2H2,1H3. The van der Waals surface area contributed by atoms with Gasteiger partial charge in [0.05, 0.1) is 16.7 Å². The summed E-state index contributed by atoms with van der Waals surface area (Å²) >= 11 is 0. The summed E-state index contributed by atoms with van der Waals surface area (Å²) in [7, 11) is -3.29. The number of nitrogens with zero attached hydrogens (tertiary/aromatic N) is 2. The number of benzene rings is 9. The quantitative estimate of drug-likeness (QED) is 0.104. The topological polar surface area (TPSA) is 34.9 Å². The van der Waals surface area contributed by atoms with Crippen LogP contribution in [-0.4, -0.2) is 9.55 Å².